The Bertz CT molecular complexity index is 850. The molecule has 0 aliphatic rings. The molecule has 0 fully saturated rings. The molecule has 2 aromatic heterocycles. The van der Waals surface area contributed by atoms with Gasteiger partial charge in [0.25, 0.3) is 0 Å². The van der Waals surface area contributed by atoms with Crippen molar-refractivity contribution in [1.82, 2.24) is 10.1 Å². The van der Waals surface area contributed by atoms with Crippen molar-refractivity contribution in [2.45, 2.75) is 0 Å². The fourth-order valence-electron chi connectivity index (χ4n) is 2.06. The molecule has 3 rings (SSSR count). The fourth-order valence-corrected chi connectivity index (χ4v) is 2.64. The minimum atomic E-state index is -0.227. The van der Waals surface area contributed by atoms with Gasteiger partial charge in [0, 0.05) is 24.0 Å². The van der Waals surface area contributed by atoms with E-state index in [9.17, 15) is 4.79 Å². The summed E-state index contributed by atoms with van der Waals surface area (Å²) < 4.78 is 5.21. The van der Waals surface area contributed by atoms with Gasteiger partial charge in [0.1, 0.15) is 0 Å². The molecule has 21 heavy (non-hydrogen) atoms. The standard InChI is InChI=1S/C14H9Cl2N3O2/c15-8-2-1-3-9(16)11(8)12-13(21-19-14(12)17)7-6-18-5-4-10(7)20/h1-6H,(H2,17,19)(H,18,20). The zero-order valence-electron chi connectivity index (χ0n) is 10.6. The van der Waals surface area contributed by atoms with Gasteiger partial charge >= 0.3 is 0 Å². The van der Waals surface area contributed by atoms with Crippen LogP contribution in [0.5, 0.6) is 0 Å². The summed E-state index contributed by atoms with van der Waals surface area (Å²) in [7, 11) is 0. The molecular formula is C14H9Cl2N3O2. The Labute approximate surface area is 129 Å². The zero-order chi connectivity index (χ0) is 15.0. The molecule has 0 bridgehead atoms. The van der Waals surface area contributed by atoms with Gasteiger partial charge in [0.15, 0.2) is 17.0 Å². The van der Waals surface area contributed by atoms with Crippen LogP contribution in [0, 0.1) is 0 Å². The molecule has 0 amide bonds. The number of nitrogens with zero attached hydrogens (tertiary/aromatic N) is 1. The van der Waals surface area contributed by atoms with Crippen LogP contribution < -0.4 is 11.2 Å². The quantitative estimate of drug-likeness (QED) is 0.755. The number of benzene rings is 1. The average molecular weight is 322 g/mol. The number of rotatable bonds is 2. The first kappa shape index (κ1) is 13.7. The predicted molar refractivity (Wildman–Crippen MR) is 82.4 cm³/mol. The van der Waals surface area contributed by atoms with E-state index in [1.807, 2.05) is 0 Å². The highest BCUT2D eigenvalue weighted by atomic mass is 35.5. The number of nitrogen functional groups attached to an aromatic ring is 1. The van der Waals surface area contributed by atoms with Crippen molar-refractivity contribution >= 4 is 29.0 Å². The van der Waals surface area contributed by atoms with Crippen LogP contribution in [0.15, 0.2) is 46.0 Å². The molecule has 0 radical (unpaired) electrons. The lowest BCUT2D eigenvalue weighted by molar-refractivity contribution is 0.435. The molecule has 0 aliphatic carbocycles. The Hall–Kier alpha value is -2.24. The Morgan fingerprint density at radius 2 is 1.86 bits per heavy atom. The Morgan fingerprint density at radius 1 is 1.14 bits per heavy atom. The largest absolute Gasteiger partial charge is 0.380 e. The van der Waals surface area contributed by atoms with Gasteiger partial charge in [-0.2, -0.15) is 0 Å². The van der Waals surface area contributed by atoms with Crippen molar-refractivity contribution in [3.63, 3.8) is 0 Å². The fraction of sp³-hybridized carbons (Fsp3) is 0. The normalized spacial score (nSPS) is 10.8. The molecule has 0 aliphatic heterocycles. The van der Waals surface area contributed by atoms with Crippen LogP contribution >= 0.6 is 23.2 Å². The van der Waals surface area contributed by atoms with Gasteiger partial charge in [-0.15, -0.1) is 0 Å². The first-order valence-corrected chi connectivity index (χ1v) is 6.72. The molecular weight excluding hydrogens is 313 g/mol. The van der Waals surface area contributed by atoms with Crippen LogP contribution in [0.3, 0.4) is 0 Å². The highest BCUT2D eigenvalue weighted by molar-refractivity contribution is 6.39. The molecule has 5 nitrogen and oxygen atoms in total. The maximum Gasteiger partial charge on any atom is 0.192 e. The topological polar surface area (TPSA) is 84.9 Å². The van der Waals surface area contributed by atoms with Gasteiger partial charge in [-0.25, -0.2) is 0 Å². The van der Waals surface area contributed by atoms with E-state index in [1.54, 1.807) is 18.2 Å². The lowest BCUT2D eigenvalue weighted by Crippen LogP contribution is -2.03. The second-order valence-electron chi connectivity index (χ2n) is 4.29. The third kappa shape index (κ3) is 2.30. The van der Waals surface area contributed by atoms with Crippen molar-refractivity contribution in [3.8, 4) is 22.5 Å². The van der Waals surface area contributed by atoms with Crippen molar-refractivity contribution in [2.24, 2.45) is 0 Å². The number of aromatic amines is 1. The second kappa shape index (κ2) is 5.27. The molecule has 106 valence electrons. The number of aromatic nitrogens is 2. The van der Waals surface area contributed by atoms with Crippen molar-refractivity contribution in [1.29, 1.82) is 0 Å². The van der Waals surface area contributed by atoms with E-state index in [2.05, 4.69) is 10.1 Å². The number of nitrogens with two attached hydrogens (primary N) is 1. The Kier molecular flexibility index (Phi) is 3.45. The van der Waals surface area contributed by atoms with Crippen LogP contribution in [0.4, 0.5) is 5.82 Å². The van der Waals surface area contributed by atoms with Crippen LogP contribution in [0.2, 0.25) is 10.0 Å². The molecule has 7 heteroatoms. The monoisotopic (exact) mass is 321 g/mol. The number of hydrogen-bond acceptors (Lipinski definition) is 4. The van der Waals surface area contributed by atoms with Crippen molar-refractivity contribution in [3.05, 3.63) is 56.9 Å². The number of halogens is 2. The SMILES string of the molecule is Nc1noc(-c2c[nH]ccc2=O)c1-c1c(Cl)cccc1Cl. The molecule has 0 unspecified atom stereocenters. The highest BCUT2D eigenvalue weighted by Gasteiger charge is 2.23. The number of anilines is 1. The van der Waals surface area contributed by atoms with E-state index < -0.39 is 0 Å². The van der Waals surface area contributed by atoms with E-state index in [1.165, 1.54) is 18.5 Å². The van der Waals surface area contributed by atoms with Crippen molar-refractivity contribution < 1.29 is 4.52 Å². The van der Waals surface area contributed by atoms with E-state index >= 15 is 0 Å². The Balaban J connectivity index is 2.34. The van der Waals surface area contributed by atoms with Crippen LogP contribution in [-0.2, 0) is 0 Å². The molecule has 3 aromatic rings. The first-order chi connectivity index (χ1) is 10.1. The van der Waals surface area contributed by atoms with Gasteiger partial charge in [-0.3, -0.25) is 4.79 Å². The number of nitrogens with one attached hydrogen (secondary N) is 1. The zero-order valence-corrected chi connectivity index (χ0v) is 12.1. The average Bonchev–Trinajstić information content (AvgIpc) is 2.81. The second-order valence-corrected chi connectivity index (χ2v) is 5.11. The third-order valence-electron chi connectivity index (χ3n) is 3.00. The van der Waals surface area contributed by atoms with Gasteiger partial charge in [-0.05, 0) is 12.1 Å². The number of H-pyrrole nitrogens is 1. The molecule has 0 saturated heterocycles. The summed E-state index contributed by atoms with van der Waals surface area (Å²) in [6.07, 6.45) is 3.03. The highest BCUT2D eigenvalue weighted by Crippen LogP contribution is 2.42. The van der Waals surface area contributed by atoms with Crippen LogP contribution in [0.25, 0.3) is 22.5 Å². The molecule has 3 N–H and O–H groups in total. The smallest absolute Gasteiger partial charge is 0.192 e. The number of hydrogen-bond donors (Lipinski definition) is 2. The van der Waals surface area contributed by atoms with Gasteiger partial charge in [0.2, 0.25) is 0 Å². The molecule has 1 aromatic carbocycles. The van der Waals surface area contributed by atoms with Gasteiger partial charge in [-0.1, -0.05) is 34.4 Å². The van der Waals surface area contributed by atoms with Crippen LogP contribution in [-0.4, -0.2) is 10.1 Å². The molecule has 2 heterocycles. The minimum Gasteiger partial charge on any atom is -0.380 e. The summed E-state index contributed by atoms with van der Waals surface area (Å²) in [4.78, 5) is 14.8. The van der Waals surface area contributed by atoms with Gasteiger partial charge in [0.05, 0.1) is 21.2 Å². The van der Waals surface area contributed by atoms with E-state index in [0.29, 0.717) is 26.7 Å². The maximum absolute atomic E-state index is 12.0. The summed E-state index contributed by atoms with van der Waals surface area (Å²) in [6.45, 7) is 0. The number of pyridine rings is 1. The summed E-state index contributed by atoms with van der Waals surface area (Å²) in [5, 5.41) is 4.51. The van der Waals surface area contributed by atoms with Gasteiger partial charge < -0.3 is 15.2 Å². The molecule has 0 saturated carbocycles. The van der Waals surface area contributed by atoms with Crippen LogP contribution in [0.1, 0.15) is 0 Å². The molecule has 0 spiro atoms. The third-order valence-corrected chi connectivity index (χ3v) is 3.63. The Morgan fingerprint density at radius 3 is 2.52 bits per heavy atom. The lowest BCUT2D eigenvalue weighted by Gasteiger charge is -2.07. The minimum absolute atomic E-state index is 0.114. The lowest BCUT2D eigenvalue weighted by atomic mass is 10.0. The summed E-state index contributed by atoms with van der Waals surface area (Å²) in [5.74, 6) is 0.340. The van der Waals surface area contributed by atoms with E-state index in [-0.39, 0.29) is 17.0 Å². The van der Waals surface area contributed by atoms with E-state index in [4.69, 9.17) is 33.5 Å². The summed E-state index contributed by atoms with van der Waals surface area (Å²) in [6, 6.07) is 6.45. The van der Waals surface area contributed by atoms with E-state index in [0.717, 1.165) is 0 Å². The summed E-state index contributed by atoms with van der Waals surface area (Å²) in [5.41, 5.74) is 6.82. The first-order valence-electron chi connectivity index (χ1n) is 5.96. The maximum atomic E-state index is 12.0. The predicted octanol–water partition coefficient (Wildman–Crippen LogP) is 3.59. The molecule has 0 atom stereocenters. The summed E-state index contributed by atoms with van der Waals surface area (Å²) >= 11 is 12.4. The van der Waals surface area contributed by atoms with Crippen molar-refractivity contribution in [2.75, 3.05) is 5.73 Å².